The first-order valence-corrected chi connectivity index (χ1v) is 12.5. The van der Waals surface area contributed by atoms with Gasteiger partial charge in [-0.1, -0.05) is 0 Å². The van der Waals surface area contributed by atoms with E-state index < -0.39 is 27.1 Å². The molecule has 2 bridgehead atoms. The first-order valence-electron chi connectivity index (χ1n) is 9.23. The van der Waals surface area contributed by atoms with Gasteiger partial charge in [0.1, 0.15) is 0 Å². The highest BCUT2D eigenvalue weighted by molar-refractivity contribution is 7.68. The molecule has 2 aliphatic heterocycles. The maximum absolute atomic E-state index is 12.5. The summed E-state index contributed by atoms with van der Waals surface area (Å²) in [4.78, 5) is 26.2. The fourth-order valence-corrected chi connectivity index (χ4v) is 6.62. The molecule has 10 heteroatoms. The summed E-state index contributed by atoms with van der Waals surface area (Å²) in [5.74, 6) is -1.09. The topological polar surface area (TPSA) is 96.4 Å². The molecular formula is C15H33N4O4P2+. The van der Waals surface area contributed by atoms with Gasteiger partial charge in [0, 0.05) is 45.8 Å². The average Bonchev–Trinajstić information content (AvgIpc) is 2.55. The number of nitrogens with zero attached hydrogens (tertiary/aromatic N) is 3. The lowest BCUT2D eigenvalue weighted by molar-refractivity contribution is 0.137. The van der Waals surface area contributed by atoms with E-state index in [9.17, 15) is 14.0 Å². The van der Waals surface area contributed by atoms with Crippen LogP contribution in [0.1, 0.15) is 19.8 Å². The molecule has 3 N–H and O–H groups in total. The van der Waals surface area contributed by atoms with Crippen LogP contribution in [0.15, 0.2) is 0 Å². The van der Waals surface area contributed by atoms with Crippen molar-refractivity contribution in [1.29, 1.82) is 0 Å². The second-order valence-electron chi connectivity index (χ2n) is 7.06. The smallest absolute Gasteiger partial charge is 0.340 e. The summed E-state index contributed by atoms with van der Waals surface area (Å²) in [5.41, 5.74) is 0. The number of nitrogens with one attached hydrogen (secondary N) is 1. The standard InChI is InChI=1S/C15H32N4O4P2/c1-15(25(22,23)14-24(20)21)19-8-3-7-17-9-5-16-4-2-6-18(11-10-17)12-13-19/h15-16H,2-14H2,1H3,(H-,20,21,22,23)/p+1. The van der Waals surface area contributed by atoms with E-state index in [-0.39, 0.29) is 0 Å². The van der Waals surface area contributed by atoms with Gasteiger partial charge in [-0.05, 0) is 44.0 Å². The second-order valence-corrected chi connectivity index (χ2v) is 11.2. The van der Waals surface area contributed by atoms with Crippen molar-refractivity contribution in [3.63, 3.8) is 0 Å². The fourth-order valence-electron chi connectivity index (χ4n) is 3.54. The van der Waals surface area contributed by atoms with Crippen LogP contribution in [0.4, 0.5) is 0 Å². The van der Waals surface area contributed by atoms with E-state index in [0.717, 1.165) is 78.3 Å². The minimum absolute atomic E-state index is 0.512. The van der Waals surface area contributed by atoms with Crippen LogP contribution in [0.5, 0.6) is 0 Å². The van der Waals surface area contributed by atoms with Crippen molar-refractivity contribution in [3.05, 3.63) is 0 Å². The SMILES string of the molecule is CC(N1CCCN2CCNCCCN(CC2)CC1)P(=O)(O)C[P+](=O)O. The number of hydrogen-bond donors (Lipinski definition) is 3. The van der Waals surface area contributed by atoms with Gasteiger partial charge in [-0.2, -0.15) is 4.89 Å². The molecule has 0 aromatic rings. The quantitative estimate of drug-likeness (QED) is 0.596. The third-order valence-electron chi connectivity index (χ3n) is 5.22. The summed E-state index contributed by atoms with van der Waals surface area (Å²) in [6, 6.07) is 0. The zero-order valence-electron chi connectivity index (χ0n) is 15.2. The van der Waals surface area contributed by atoms with Crippen molar-refractivity contribution in [3.8, 4) is 0 Å². The summed E-state index contributed by atoms with van der Waals surface area (Å²) in [7, 11) is -6.27. The Morgan fingerprint density at radius 1 is 1.00 bits per heavy atom. The minimum Gasteiger partial charge on any atom is -0.340 e. The zero-order valence-corrected chi connectivity index (χ0v) is 17.0. The predicted molar refractivity (Wildman–Crippen MR) is 101 cm³/mol. The van der Waals surface area contributed by atoms with Gasteiger partial charge in [0.2, 0.25) is 0 Å². The number of hydrogen-bond acceptors (Lipinski definition) is 6. The molecule has 0 saturated carbocycles. The predicted octanol–water partition coefficient (Wildman–Crippen LogP) is 0.598. The largest absolute Gasteiger partial charge is 0.515 e. The van der Waals surface area contributed by atoms with E-state index >= 15 is 0 Å². The molecule has 25 heavy (non-hydrogen) atoms. The molecule has 146 valence electrons. The lowest BCUT2D eigenvalue weighted by Crippen LogP contribution is -2.47. The van der Waals surface area contributed by atoms with Gasteiger partial charge < -0.3 is 20.0 Å². The maximum Gasteiger partial charge on any atom is 0.515 e. The van der Waals surface area contributed by atoms with E-state index in [0.29, 0.717) is 0 Å². The Hall–Kier alpha value is 0.0900. The van der Waals surface area contributed by atoms with Crippen molar-refractivity contribution in [2.75, 3.05) is 71.4 Å². The number of rotatable bonds is 4. The fraction of sp³-hybridized carbons (Fsp3) is 1.00. The third-order valence-corrected chi connectivity index (χ3v) is 9.31. The van der Waals surface area contributed by atoms with Gasteiger partial charge >= 0.3 is 8.03 Å². The lowest BCUT2D eigenvalue weighted by atomic mass is 10.2. The molecule has 8 nitrogen and oxygen atoms in total. The zero-order chi connectivity index (χ0) is 18.3. The van der Waals surface area contributed by atoms with Gasteiger partial charge in [-0.15, -0.1) is 0 Å². The molecule has 0 radical (unpaired) electrons. The molecule has 0 amide bonds. The summed E-state index contributed by atoms with van der Waals surface area (Å²) in [6.07, 6.45) is 2.05. The molecule has 2 heterocycles. The molecule has 5 atom stereocenters. The lowest BCUT2D eigenvalue weighted by Gasteiger charge is -2.36. The van der Waals surface area contributed by atoms with Crippen molar-refractivity contribution in [1.82, 2.24) is 20.0 Å². The Labute approximate surface area is 151 Å². The third kappa shape index (κ3) is 7.31. The van der Waals surface area contributed by atoms with Crippen molar-refractivity contribution in [2.24, 2.45) is 0 Å². The summed E-state index contributed by atoms with van der Waals surface area (Å²) in [6.45, 7) is 11.2. The van der Waals surface area contributed by atoms with Crippen LogP contribution in [0.2, 0.25) is 0 Å². The molecule has 2 fully saturated rings. The Balaban J connectivity index is 2.04. The Morgan fingerprint density at radius 2 is 1.64 bits per heavy atom. The van der Waals surface area contributed by atoms with Crippen LogP contribution in [0.25, 0.3) is 0 Å². The first kappa shape index (κ1) is 21.4. The first-order chi connectivity index (χ1) is 11.9. The van der Waals surface area contributed by atoms with E-state index in [4.69, 9.17) is 4.89 Å². The Morgan fingerprint density at radius 3 is 2.36 bits per heavy atom. The van der Waals surface area contributed by atoms with Crippen LogP contribution >= 0.6 is 15.4 Å². The van der Waals surface area contributed by atoms with Gasteiger partial charge in [-0.3, -0.25) is 9.46 Å². The second kappa shape index (κ2) is 10.4. The van der Waals surface area contributed by atoms with Crippen molar-refractivity contribution < 1.29 is 18.9 Å². The van der Waals surface area contributed by atoms with Crippen LogP contribution in [-0.2, 0) is 9.13 Å². The molecule has 2 aliphatic rings. The van der Waals surface area contributed by atoms with Crippen LogP contribution in [0, 0.1) is 0 Å². The summed E-state index contributed by atoms with van der Waals surface area (Å²) >= 11 is 0. The summed E-state index contributed by atoms with van der Waals surface area (Å²) < 4.78 is 23.6. The molecular weight excluding hydrogens is 362 g/mol. The van der Waals surface area contributed by atoms with Crippen molar-refractivity contribution >= 4 is 15.4 Å². The average molecular weight is 395 g/mol. The molecule has 2 saturated heterocycles. The molecule has 0 aromatic carbocycles. The molecule has 5 unspecified atom stereocenters. The molecule has 0 spiro atoms. The maximum atomic E-state index is 12.5. The minimum atomic E-state index is -3.67. The molecule has 2 rings (SSSR count). The normalized spacial score (nSPS) is 31.7. The summed E-state index contributed by atoms with van der Waals surface area (Å²) in [5, 5.41) is 3.49. The van der Waals surface area contributed by atoms with Crippen LogP contribution in [0.3, 0.4) is 0 Å². The molecule has 0 aromatic heterocycles. The molecule has 0 aliphatic carbocycles. The highest BCUT2D eigenvalue weighted by atomic mass is 31.2. The Kier molecular flexibility index (Phi) is 8.92. The van der Waals surface area contributed by atoms with Crippen LogP contribution in [-0.4, -0.2) is 102 Å². The highest BCUT2D eigenvalue weighted by Crippen LogP contribution is 2.52. The van der Waals surface area contributed by atoms with Gasteiger partial charge in [-0.25, -0.2) is 0 Å². The van der Waals surface area contributed by atoms with E-state index in [1.165, 1.54) is 0 Å². The van der Waals surface area contributed by atoms with Crippen molar-refractivity contribution in [2.45, 2.75) is 25.5 Å². The van der Waals surface area contributed by atoms with E-state index in [1.807, 2.05) is 4.90 Å². The number of fused-ring (bicyclic) bond motifs is 3. The van der Waals surface area contributed by atoms with Gasteiger partial charge in [0.15, 0.2) is 0 Å². The van der Waals surface area contributed by atoms with E-state index in [2.05, 4.69) is 15.1 Å². The van der Waals surface area contributed by atoms with Gasteiger partial charge in [0.25, 0.3) is 13.3 Å². The monoisotopic (exact) mass is 395 g/mol. The highest BCUT2D eigenvalue weighted by Gasteiger charge is 2.39. The Bertz CT molecular complexity index is 482. The van der Waals surface area contributed by atoms with Gasteiger partial charge in [0.05, 0.1) is 5.78 Å². The van der Waals surface area contributed by atoms with Crippen LogP contribution < -0.4 is 5.32 Å². The van der Waals surface area contributed by atoms with E-state index in [1.54, 1.807) is 6.92 Å².